The molecule has 2 amide bonds. The van der Waals surface area contributed by atoms with Crippen LogP contribution in [0.3, 0.4) is 0 Å². The van der Waals surface area contributed by atoms with Crippen molar-refractivity contribution >= 4 is 54.8 Å². The number of aromatic amines is 1. The van der Waals surface area contributed by atoms with E-state index in [1.807, 2.05) is 48.5 Å². The number of carbonyl (C=O) groups excluding carboxylic acids is 2. The van der Waals surface area contributed by atoms with Crippen molar-refractivity contribution in [3.63, 3.8) is 0 Å². The van der Waals surface area contributed by atoms with Crippen molar-refractivity contribution in [3.05, 3.63) is 78.0 Å². The van der Waals surface area contributed by atoms with Gasteiger partial charge in [0.2, 0.25) is 0 Å². The Morgan fingerprint density at radius 2 is 1.50 bits per heavy atom. The number of H-pyrrole nitrogens is 1. The van der Waals surface area contributed by atoms with Crippen LogP contribution in [-0.4, -0.2) is 44.7 Å². The molecule has 0 bridgehead atoms. The Labute approximate surface area is 195 Å². The molecule has 0 atom stereocenters. The molecule has 2 N–H and O–H groups in total. The molecule has 1 aliphatic rings. The van der Waals surface area contributed by atoms with E-state index in [1.54, 1.807) is 18.3 Å². The number of rotatable bonds is 7. The van der Waals surface area contributed by atoms with Gasteiger partial charge in [-0.3, -0.25) is 19.1 Å². The number of carbonyl (C=O) groups is 2. The molecule has 0 spiro atoms. The SMILES string of the molecule is CS(=O)(=O)OCCOc1cc(C2=C(c3c[nH]c4ccccc34)C(=O)NC2=O)c2ccccc2c1. The summed E-state index contributed by atoms with van der Waals surface area (Å²) in [5.41, 5.74) is 2.56. The van der Waals surface area contributed by atoms with Crippen molar-refractivity contribution < 1.29 is 26.9 Å². The number of hydrogen-bond donors (Lipinski definition) is 2. The van der Waals surface area contributed by atoms with Gasteiger partial charge in [0.05, 0.1) is 17.4 Å². The Kier molecular flexibility index (Phi) is 5.43. The number of nitrogens with one attached hydrogen (secondary N) is 2. The molecule has 2 heterocycles. The maximum absolute atomic E-state index is 13.0. The zero-order valence-electron chi connectivity index (χ0n) is 18.1. The molecule has 1 aromatic heterocycles. The van der Waals surface area contributed by atoms with Gasteiger partial charge in [-0.25, -0.2) is 0 Å². The van der Waals surface area contributed by atoms with E-state index in [4.69, 9.17) is 8.92 Å². The van der Waals surface area contributed by atoms with Gasteiger partial charge in [0.15, 0.2) is 0 Å². The van der Waals surface area contributed by atoms with Crippen LogP contribution < -0.4 is 10.1 Å². The van der Waals surface area contributed by atoms with Crippen LogP contribution in [0.4, 0.5) is 0 Å². The highest BCUT2D eigenvalue weighted by atomic mass is 32.2. The Morgan fingerprint density at radius 3 is 2.26 bits per heavy atom. The van der Waals surface area contributed by atoms with Crippen molar-refractivity contribution in [1.82, 2.24) is 10.3 Å². The molecular formula is C25H20N2O6S. The van der Waals surface area contributed by atoms with E-state index in [1.165, 1.54) is 0 Å². The van der Waals surface area contributed by atoms with E-state index in [-0.39, 0.29) is 24.4 Å². The topological polar surface area (TPSA) is 115 Å². The number of imide groups is 1. The molecule has 0 radical (unpaired) electrons. The molecule has 4 aromatic rings. The Bertz CT molecular complexity index is 1600. The first-order valence-corrected chi connectivity index (χ1v) is 12.3. The lowest BCUT2D eigenvalue weighted by Gasteiger charge is -2.13. The van der Waals surface area contributed by atoms with Crippen molar-refractivity contribution in [2.75, 3.05) is 19.5 Å². The summed E-state index contributed by atoms with van der Waals surface area (Å²) < 4.78 is 32.8. The molecular weight excluding hydrogens is 456 g/mol. The predicted octanol–water partition coefficient (Wildman–Crippen LogP) is 3.24. The third-order valence-corrected chi connectivity index (χ3v) is 6.14. The minimum Gasteiger partial charge on any atom is -0.491 e. The van der Waals surface area contributed by atoms with Crippen LogP contribution in [0.25, 0.3) is 32.8 Å². The van der Waals surface area contributed by atoms with Gasteiger partial charge < -0.3 is 9.72 Å². The van der Waals surface area contributed by atoms with E-state index in [0.29, 0.717) is 16.9 Å². The molecule has 0 saturated heterocycles. The van der Waals surface area contributed by atoms with Gasteiger partial charge in [0.25, 0.3) is 21.9 Å². The second-order valence-electron chi connectivity index (χ2n) is 7.85. The second-order valence-corrected chi connectivity index (χ2v) is 9.49. The normalized spacial score (nSPS) is 14.3. The number of ether oxygens (including phenoxy) is 1. The summed E-state index contributed by atoms with van der Waals surface area (Å²) >= 11 is 0. The summed E-state index contributed by atoms with van der Waals surface area (Å²) in [5.74, 6) is -0.543. The monoisotopic (exact) mass is 476 g/mol. The minimum absolute atomic E-state index is 0.00959. The van der Waals surface area contributed by atoms with Crippen LogP contribution in [0.2, 0.25) is 0 Å². The highest BCUT2D eigenvalue weighted by Crippen LogP contribution is 2.39. The minimum atomic E-state index is -3.58. The lowest BCUT2D eigenvalue weighted by atomic mass is 9.92. The third-order valence-electron chi connectivity index (χ3n) is 5.54. The standard InChI is InChI=1S/C25H20N2O6S/c1-34(30,31)33-11-10-32-16-12-15-6-2-3-7-17(15)19(13-16)22-23(25(29)27-24(22)28)20-14-26-21-9-5-4-8-18(20)21/h2-9,12-14,26H,10-11H2,1H3,(H,27,28,29). The van der Waals surface area contributed by atoms with Crippen molar-refractivity contribution in [2.45, 2.75) is 0 Å². The molecule has 8 nitrogen and oxygen atoms in total. The molecule has 172 valence electrons. The summed E-state index contributed by atoms with van der Waals surface area (Å²) in [6.07, 6.45) is 2.69. The summed E-state index contributed by atoms with van der Waals surface area (Å²) in [7, 11) is -3.58. The maximum Gasteiger partial charge on any atom is 0.264 e. The predicted molar refractivity (Wildman–Crippen MR) is 129 cm³/mol. The van der Waals surface area contributed by atoms with Crippen LogP contribution in [-0.2, 0) is 23.9 Å². The zero-order valence-corrected chi connectivity index (χ0v) is 18.9. The highest BCUT2D eigenvalue weighted by molar-refractivity contribution is 7.85. The van der Waals surface area contributed by atoms with E-state index < -0.39 is 21.9 Å². The quantitative estimate of drug-likeness (QED) is 0.240. The number of para-hydroxylation sites is 1. The Hall–Kier alpha value is -3.95. The largest absolute Gasteiger partial charge is 0.491 e. The fourth-order valence-electron chi connectivity index (χ4n) is 4.17. The van der Waals surface area contributed by atoms with Crippen LogP contribution >= 0.6 is 0 Å². The summed E-state index contributed by atoms with van der Waals surface area (Å²) in [5, 5.41) is 4.84. The highest BCUT2D eigenvalue weighted by Gasteiger charge is 2.34. The molecule has 0 unspecified atom stereocenters. The molecule has 5 rings (SSSR count). The van der Waals surface area contributed by atoms with Gasteiger partial charge in [0, 0.05) is 22.7 Å². The van der Waals surface area contributed by atoms with Crippen molar-refractivity contribution in [2.24, 2.45) is 0 Å². The second kappa shape index (κ2) is 8.44. The van der Waals surface area contributed by atoms with Gasteiger partial charge in [-0.15, -0.1) is 0 Å². The van der Waals surface area contributed by atoms with Crippen molar-refractivity contribution in [1.29, 1.82) is 0 Å². The molecule has 34 heavy (non-hydrogen) atoms. The van der Waals surface area contributed by atoms with Gasteiger partial charge in [0.1, 0.15) is 19.0 Å². The van der Waals surface area contributed by atoms with Crippen LogP contribution in [0.15, 0.2) is 66.9 Å². The summed E-state index contributed by atoms with van der Waals surface area (Å²) in [6, 6.07) is 18.5. The maximum atomic E-state index is 13.0. The van der Waals surface area contributed by atoms with Gasteiger partial charge in [-0.2, -0.15) is 8.42 Å². The average Bonchev–Trinajstić information content (AvgIpc) is 3.35. The molecule has 0 fully saturated rings. The zero-order chi connectivity index (χ0) is 23.9. The average molecular weight is 477 g/mol. The number of aromatic nitrogens is 1. The van der Waals surface area contributed by atoms with Gasteiger partial charge >= 0.3 is 0 Å². The third kappa shape index (κ3) is 4.07. The van der Waals surface area contributed by atoms with Crippen LogP contribution in [0.1, 0.15) is 11.1 Å². The Morgan fingerprint density at radius 1 is 0.824 bits per heavy atom. The first kappa shape index (κ1) is 21.9. The number of fused-ring (bicyclic) bond motifs is 2. The van der Waals surface area contributed by atoms with Crippen LogP contribution in [0, 0.1) is 0 Å². The number of benzene rings is 3. The fraction of sp³-hybridized carbons (Fsp3) is 0.120. The lowest BCUT2D eigenvalue weighted by Crippen LogP contribution is -2.22. The molecule has 3 aromatic carbocycles. The first-order valence-electron chi connectivity index (χ1n) is 10.5. The fourth-order valence-corrected chi connectivity index (χ4v) is 4.54. The van der Waals surface area contributed by atoms with Gasteiger partial charge in [-0.05, 0) is 34.5 Å². The Balaban J connectivity index is 1.65. The van der Waals surface area contributed by atoms with E-state index in [9.17, 15) is 18.0 Å². The molecule has 1 aliphatic heterocycles. The van der Waals surface area contributed by atoms with Crippen molar-refractivity contribution in [3.8, 4) is 5.75 Å². The van der Waals surface area contributed by atoms with E-state index in [0.717, 1.165) is 27.9 Å². The van der Waals surface area contributed by atoms with E-state index in [2.05, 4.69) is 10.3 Å². The van der Waals surface area contributed by atoms with Gasteiger partial charge in [-0.1, -0.05) is 42.5 Å². The first-order chi connectivity index (χ1) is 16.3. The molecule has 0 aliphatic carbocycles. The lowest BCUT2D eigenvalue weighted by molar-refractivity contribution is -0.122. The van der Waals surface area contributed by atoms with E-state index >= 15 is 0 Å². The number of hydrogen-bond acceptors (Lipinski definition) is 6. The molecule has 9 heteroatoms. The smallest absolute Gasteiger partial charge is 0.264 e. The van der Waals surface area contributed by atoms with Crippen LogP contribution in [0.5, 0.6) is 5.75 Å². The summed E-state index contributed by atoms with van der Waals surface area (Å²) in [4.78, 5) is 29.1. The summed E-state index contributed by atoms with van der Waals surface area (Å²) in [6.45, 7) is -0.159. The number of amides is 2. The molecule has 0 saturated carbocycles.